The normalized spacial score (nSPS) is 22.5. The van der Waals surface area contributed by atoms with Gasteiger partial charge in [0, 0.05) is 11.9 Å². The van der Waals surface area contributed by atoms with Gasteiger partial charge in [-0.2, -0.15) is 4.98 Å². The molecule has 1 aliphatic rings. The molecule has 2 aromatic rings. The summed E-state index contributed by atoms with van der Waals surface area (Å²) >= 11 is 0. The monoisotopic (exact) mass is 575 g/mol. The fourth-order valence-electron chi connectivity index (χ4n) is 3.79. The van der Waals surface area contributed by atoms with E-state index in [9.17, 15) is 9.59 Å². The summed E-state index contributed by atoms with van der Waals surface area (Å²) in [6, 6.07) is 11.2. The lowest BCUT2D eigenvalue weighted by atomic mass is 10.1. The number of para-hydroxylation sites is 1. The molecule has 0 amide bonds. The van der Waals surface area contributed by atoms with Gasteiger partial charge >= 0.3 is 5.69 Å². The summed E-state index contributed by atoms with van der Waals surface area (Å²) in [5, 5.41) is 3.02. The van der Waals surface area contributed by atoms with Crippen LogP contribution in [0.5, 0.6) is 0 Å². The van der Waals surface area contributed by atoms with Gasteiger partial charge in [-0.1, -0.05) is 59.7 Å². The van der Waals surface area contributed by atoms with E-state index in [1.807, 2.05) is 30.3 Å². The minimum absolute atomic E-state index is 0.00843. The highest BCUT2D eigenvalue weighted by Crippen LogP contribution is 2.43. The van der Waals surface area contributed by atoms with E-state index in [2.05, 4.69) is 78.0 Å². The molecule has 1 saturated heterocycles. The molecule has 1 aromatic carbocycles. The van der Waals surface area contributed by atoms with Crippen molar-refractivity contribution in [3.63, 3.8) is 0 Å². The van der Waals surface area contributed by atoms with Crippen molar-refractivity contribution in [1.29, 1.82) is 0 Å². The number of hydrogen-bond acceptors (Lipinski definition) is 8. The van der Waals surface area contributed by atoms with Crippen LogP contribution in [0.1, 0.15) is 47.8 Å². The first kappa shape index (κ1) is 31.2. The summed E-state index contributed by atoms with van der Waals surface area (Å²) in [5.74, 6) is 0.417. The fraction of sp³-hybridized carbons (Fsp3) is 0.607. The number of aromatic nitrogens is 2. The standard InChI is InChI=1S/C28H45N3O6Si2/c1-27(2,3)38(7,8)35-18-21-23(34-19-32)24(37-39(9,10)28(4,5)6)25(36-21)31-17-16-22(30-26(31)33)29-20-14-12-11-13-15-20/h11-17,19,21,23-25H,18H2,1-10H3,(H,29,30,33)/t21-,23-,24-,25-/m1/s1. The third-order valence-electron chi connectivity index (χ3n) is 8.30. The van der Waals surface area contributed by atoms with Crippen molar-refractivity contribution in [2.24, 2.45) is 0 Å². The molecule has 1 aliphatic heterocycles. The zero-order valence-electron chi connectivity index (χ0n) is 25.0. The summed E-state index contributed by atoms with van der Waals surface area (Å²) in [6.45, 7) is 22.1. The van der Waals surface area contributed by atoms with Crippen LogP contribution in [0.25, 0.3) is 0 Å². The quantitative estimate of drug-likeness (QED) is 0.279. The SMILES string of the molecule is CC(C)(C)[Si](C)(C)OC[C@H]1O[C@@H](n2ccc(Nc3ccccc3)nc2=O)[C@H](O[Si](C)(C)C(C)(C)C)[C@@H]1OC=O. The van der Waals surface area contributed by atoms with Gasteiger partial charge in [0.05, 0.1) is 6.61 Å². The maximum atomic E-state index is 13.3. The van der Waals surface area contributed by atoms with Crippen LogP contribution < -0.4 is 11.0 Å². The molecule has 39 heavy (non-hydrogen) atoms. The Morgan fingerprint density at radius 3 is 2.13 bits per heavy atom. The topological polar surface area (TPSA) is 101 Å². The Morgan fingerprint density at radius 1 is 0.974 bits per heavy atom. The Hall–Kier alpha value is -2.32. The number of benzene rings is 1. The Morgan fingerprint density at radius 2 is 1.59 bits per heavy atom. The first-order valence-corrected chi connectivity index (χ1v) is 19.3. The van der Waals surface area contributed by atoms with E-state index in [1.54, 1.807) is 12.3 Å². The summed E-state index contributed by atoms with van der Waals surface area (Å²) in [6.07, 6.45) is -1.28. The molecule has 3 rings (SSSR count). The number of carbonyl (C=O) groups is 1. The summed E-state index contributed by atoms with van der Waals surface area (Å²) in [7, 11) is -4.50. The van der Waals surface area contributed by atoms with Gasteiger partial charge in [0.25, 0.3) is 6.47 Å². The molecule has 1 fully saturated rings. The molecule has 1 aromatic heterocycles. The highest BCUT2D eigenvalue weighted by atomic mass is 28.4. The summed E-state index contributed by atoms with van der Waals surface area (Å²) < 4.78 is 26.7. The van der Waals surface area contributed by atoms with Crippen LogP contribution in [0, 0.1) is 0 Å². The van der Waals surface area contributed by atoms with Crippen LogP contribution in [0.2, 0.25) is 36.3 Å². The Kier molecular flexibility index (Phi) is 9.33. The van der Waals surface area contributed by atoms with Gasteiger partial charge in [-0.25, -0.2) is 4.79 Å². The lowest BCUT2D eigenvalue weighted by Crippen LogP contribution is -2.50. The first-order valence-electron chi connectivity index (χ1n) is 13.4. The van der Waals surface area contributed by atoms with Gasteiger partial charge in [-0.3, -0.25) is 9.36 Å². The molecule has 1 N–H and O–H groups in total. The lowest BCUT2D eigenvalue weighted by molar-refractivity contribution is -0.140. The summed E-state index contributed by atoms with van der Waals surface area (Å²) in [5.41, 5.74) is 0.321. The molecule has 2 heterocycles. The first-order chi connectivity index (χ1) is 18.0. The van der Waals surface area contributed by atoms with Crippen LogP contribution in [0.4, 0.5) is 11.5 Å². The molecule has 0 aliphatic carbocycles. The number of anilines is 2. The highest BCUT2D eigenvalue weighted by Gasteiger charge is 2.53. The van der Waals surface area contributed by atoms with Crippen LogP contribution in [0.3, 0.4) is 0 Å². The lowest BCUT2D eigenvalue weighted by Gasteiger charge is -2.40. The average Bonchev–Trinajstić information content (AvgIpc) is 3.13. The zero-order valence-corrected chi connectivity index (χ0v) is 27.0. The Labute approximate surface area is 234 Å². The van der Waals surface area contributed by atoms with E-state index >= 15 is 0 Å². The van der Waals surface area contributed by atoms with Crippen LogP contribution in [-0.2, 0) is 23.1 Å². The predicted octanol–water partition coefficient (Wildman–Crippen LogP) is 5.84. The van der Waals surface area contributed by atoms with E-state index in [4.69, 9.17) is 18.3 Å². The van der Waals surface area contributed by atoms with E-state index in [-0.39, 0.29) is 16.7 Å². The van der Waals surface area contributed by atoms with E-state index in [0.717, 1.165) is 5.69 Å². The van der Waals surface area contributed by atoms with Gasteiger partial charge in [-0.15, -0.1) is 0 Å². The van der Waals surface area contributed by atoms with Crippen molar-refractivity contribution >= 4 is 34.6 Å². The Bertz CT molecular complexity index is 1170. The minimum atomic E-state index is -2.37. The zero-order chi connectivity index (χ0) is 29.2. The number of carbonyl (C=O) groups excluding carboxylic acids is 1. The maximum absolute atomic E-state index is 13.3. The molecule has 11 heteroatoms. The molecule has 0 radical (unpaired) electrons. The summed E-state index contributed by atoms with van der Waals surface area (Å²) in [4.78, 5) is 29.2. The maximum Gasteiger partial charge on any atom is 0.351 e. The molecule has 4 atom stereocenters. The van der Waals surface area contributed by atoms with Gasteiger partial charge in [-0.05, 0) is 54.5 Å². The molecule has 0 bridgehead atoms. The van der Waals surface area contributed by atoms with Gasteiger partial charge in [0.2, 0.25) is 0 Å². The second-order valence-electron chi connectivity index (χ2n) is 13.2. The van der Waals surface area contributed by atoms with Gasteiger partial charge in [0.15, 0.2) is 29.0 Å². The minimum Gasteiger partial charge on any atom is -0.459 e. The molecule has 0 saturated carbocycles. The van der Waals surface area contributed by atoms with Crippen LogP contribution >= 0.6 is 0 Å². The number of hydrogen-bond donors (Lipinski definition) is 1. The largest absolute Gasteiger partial charge is 0.459 e. The van der Waals surface area contributed by atoms with Gasteiger partial charge < -0.3 is 23.6 Å². The van der Waals surface area contributed by atoms with Crippen molar-refractivity contribution in [1.82, 2.24) is 9.55 Å². The second kappa shape index (κ2) is 11.7. The van der Waals surface area contributed by atoms with E-state index in [1.165, 1.54) is 4.57 Å². The Balaban J connectivity index is 1.97. The molecule has 0 spiro atoms. The highest BCUT2D eigenvalue weighted by molar-refractivity contribution is 6.74. The van der Waals surface area contributed by atoms with Crippen LogP contribution in [0.15, 0.2) is 47.4 Å². The molecule has 0 unspecified atom stereocenters. The third kappa shape index (κ3) is 7.26. The van der Waals surface area contributed by atoms with Crippen molar-refractivity contribution in [3.05, 3.63) is 53.1 Å². The predicted molar refractivity (Wildman–Crippen MR) is 158 cm³/mol. The molecule has 9 nitrogen and oxygen atoms in total. The van der Waals surface area contributed by atoms with Crippen LogP contribution in [-0.4, -0.2) is 57.6 Å². The van der Waals surface area contributed by atoms with E-state index < -0.39 is 46.9 Å². The number of nitrogens with zero attached hydrogens (tertiary/aromatic N) is 2. The van der Waals surface area contributed by atoms with Gasteiger partial charge in [0.1, 0.15) is 18.0 Å². The number of nitrogens with one attached hydrogen (secondary N) is 1. The van der Waals surface area contributed by atoms with Crippen molar-refractivity contribution < 1.29 is 23.1 Å². The third-order valence-corrected chi connectivity index (χ3v) is 17.3. The number of ether oxygens (including phenoxy) is 2. The van der Waals surface area contributed by atoms with Crippen molar-refractivity contribution in [3.8, 4) is 0 Å². The fourth-order valence-corrected chi connectivity index (χ4v) is 6.09. The molecular weight excluding hydrogens is 530 g/mol. The van der Waals surface area contributed by atoms with Crippen molar-refractivity contribution in [2.45, 2.75) is 102 Å². The number of rotatable bonds is 10. The smallest absolute Gasteiger partial charge is 0.351 e. The molecule has 216 valence electrons. The van der Waals surface area contributed by atoms with E-state index in [0.29, 0.717) is 12.3 Å². The average molecular weight is 576 g/mol. The van der Waals surface area contributed by atoms with Crippen molar-refractivity contribution in [2.75, 3.05) is 11.9 Å². The second-order valence-corrected chi connectivity index (χ2v) is 22.7. The molecular formula is C28H45N3O6Si2.